The Labute approximate surface area is 155 Å². The molecule has 0 bridgehead atoms. The number of carbonyl (C=O) groups excluding carboxylic acids is 2. The second-order valence-electron chi connectivity index (χ2n) is 6.14. The van der Waals surface area contributed by atoms with E-state index in [1.165, 1.54) is 4.90 Å². The van der Waals surface area contributed by atoms with Crippen molar-refractivity contribution in [3.8, 4) is 11.4 Å². The zero-order chi connectivity index (χ0) is 19.0. The van der Waals surface area contributed by atoms with Gasteiger partial charge in [-0.3, -0.25) is 14.5 Å². The Balaban J connectivity index is 1.49. The fourth-order valence-electron chi connectivity index (χ4n) is 3.06. The van der Waals surface area contributed by atoms with Crippen LogP contribution in [0.1, 0.15) is 15.9 Å². The standard InChI is InChI=1S/C19H16N6O2/c1-12-15-8-3-4-9-16(15)19(27)25(12)11-17(26)20-14-7-5-6-13(10-14)18-21-22-23-24(18)2/h3-10H,1,11H2,2H3,(H,20,26). The molecule has 1 aliphatic rings. The van der Waals surface area contributed by atoms with E-state index in [1.807, 2.05) is 18.2 Å². The Kier molecular flexibility index (Phi) is 4.00. The van der Waals surface area contributed by atoms with Crippen molar-refractivity contribution in [2.75, 3.05) is 11.9 Å². The van der Waals surface area contributed by atoms with Gasteiger partial charge < -0.3 is 5.32 Å². The molecule has 2 aromatic carbocycles. The van der Waals surface area contributed by atoms with Crippen LogP contribution >= 0.6 is 0 Å². The van der Waals surface area contributed by atoms with Crippen molar-refractivity contribution >= 4 is 23.2 Å². The first-order chi connectivity index (χ1) is 13.0. The number of tetrazole rings is 1. The first-order valence-electron chi connectivity index (χ1n) is 8.27. The molecule has 0 spiro atoms. The van der Waals surface area contributed by atoms with Gasteiger partial charge in [-0.1, -0.05) is 36.9 Å². The van der Waals surface area contributed by atoms with Crippen LogP contribution in [0.15, 0.2) is 55.1 Å². The third-order valence-electron chi connectivity index (χ3n) is 4.37. The highest BCUT2D eigenvalue weighted by Gasteiger charge is 2.31. The molecule has 0 saturated carbocycles. The Morgan fingerprint density at radius 1 is 1.15 bits per heavy atom. The number of hydrogen-bond donors (Lipinski definition) is 1. The van der Waals surface area contributed by atoms with Crippen molar-refractivity contribution in [2.45, 2.75) is 0 Å². The highest BCUT2D eigenvalue weighted by molar-refractivity contribution is 6.11. The van der Waals surface area contributed by atoms with Gasteiger partial charge in [-0.25, -0.2) is 4.68 Å². The summed E-state index contributed by atoms with van der Waals surface area (Å²) in [6, 6.07) is 14.4. The van der Waals surface area contributed by atoms with Crippen LogP contribution in [0.2, 0.25) is 0 Å². The highest BCUT2D eigenvalue weighted by Crippen LogP contribution is 2.30. The number of nitrogens with zero attached hydrogens (tertiary/aromatic N) is 5. The first kappa shape index (κ1) is 16.6. The molecule has 1 N–H and O–H groups in total. The average molecular weight is 360 g/mol. The minimum absolute atomic E-state index is 0.109. The third kappa shape index (κ3) is 2.97. The maximum atomic E-state index is 12.5. The molecule has 3 aromatic rings. The number of amides is 2. The summed E-state index contributed by atoms with van der Waals surface area (Å²) in [6.07, 6.45) is 0. The van der Waals surface area contributed by atoms with Crippen molar-refractivity contribution in [1.82, 2.24) is 25.1 Å². The minimum Gasteiger partial charge on any atom is -0.325 e. The lowest BCUT2D eigenvalue weighted by Gasteiger charge is -2.17. The second kappa shape index (κ2) is 6.49. The summed E-state index contributed by atoms with van der Waals surface area (Å²) in [5.41, 5.74) is 3.22. The topological polar surface area (TPSA) is 93.0 Å². The lowest BCUT2D eigenvalue weighted by atomic mass is 10.1. The van der Waals surface area contributed by atoms with Crippen LogP contribution in [0.25, 0.3) is 17.1 Å². The summed E-state index contributed by atoms with van der Waals surface area (Å²) in [7, 11) is 1.74. The predicted octanol–water partition coefficient (Wildman–Crippen LogP) is 1.94. The van der Waals surface area contributed by atoms with Crippen LogP contribution in [0.3, 0.4) is 0 Å². The van der Waals surface area contributed by atoms with Gasteiger partial charge in [-0.05, 0) is 28.6 Å². The van der Waals surface area contributed by atoms with E-state index >= 15 is 0 Å². The van der Waals surface area contributed by atoms with Crippen LogP contribution < -0.4 is 5.32 Å². The van der Waals surface area contributed by atoms with Crippen LogP contribution in [0, 0.1) is 0 Å². The quantitative estimate of drug-likeness (QED) is 0.767. The highest BCUT2D eigenvalue weighted by atomic mass is 16.2. The van der Waals surface area contributed by atoms with Crippen molar-refractivity contribution in [3.05, 3.63) is 66.2 Å². The fourth-order valence-corrected chi connectivity index (χ4v) is 3.06. The Bertz CT molecular complexity index is 1040. The molecule has 0 atom stereocenters. The number of nitrogens with one attached hydrogen (secondary N) is 1. The van der Waals surface area contributed by atoms with Gasteiger partial charge in [0.2, 0.25) is 5.91 Å². The van der Waals surface area contributed by atoms with Crippen LogP contribution in [-0.4, -0.2) is 43.5 Å². The first-order valence-corrected chi connectivity index (χ1v) is 8.27. The lowest BCUT2D eigenvalue weighted by Crippen LogP contribution is -2.32. The van der Waals surface area contributed by atoms with Crippen LogP contribution in [0.5, 0.6) is 0 Å². The van der Waals surface area contributed by atoms with Gasteiger partial charge in [0.15, 0.2) is 5.82 Å². The molecule has 0 radical (unpaired) electrons. The van der Waals surface area contributed by atoms with Gasteiger partial charge >= 0.3 is 0 Å². The van der Waals surface area contributed by atoms with E-state index < -0.39 is 0 Å². The monoisotopic (exact) mass is 360 g/mol. The number of anilines is 1. The molecular formula is C19H16N6O2. The molecule has 1 aliphatic heterocycles. The van der Waals surface area contributed by atoms with E-state index in [4.69, 9.17) is 0 Å². The number of fused-ring (bicyclic) bond motifs is 1. The molecule has 1 aromatic heterocycles. The van der Waals surface area contributed by atoms with Crippen molar-refractivity contribution in [2.24, 2.45) is 7.05 Å². The Morgan fingerprint density at radius 3 is 2.63 bits per heavy atom. The van der Waals surface area contributed by atoms with E-state index in [9.17, 15) is 9.59 Å². The van der Waals surface area contributed by atoms with Crippen molar-refractivity contribution in [1.29, 1.82) is 0 Å². The Hall–Kier alpha value is -3.81. The molecule has 2 amide bonds. The maximum absolute atomic E-state index is 12.5. The molecule has 4 rings (SSSR count). The molecule has 8 nitrogen and oxygen atoms in total. The molecule has 27 heavy (non-hydrogen) atoms. The summed E-state index contributed by atoms with van der Waals surface area (Å²) >= 11 is 0. The number of benzene rings is 2. The molecule has 0 aliphatic carbocycles. The molecule has 8 heteroatoms. The summed E-state index contributed by atoms with van der Waals surface area (Å²) in [4.78, 5) is 26.4. The zero-order valence-electron chi connectivity index (χ0n) is 14.6. The predicted molar refractivity (Wildman–Crippen MR) is 99.4 cm³/mol. The molecule has 0 unspecified atom stereocenters. The van der Waals surface area contributed by atoms with Gasteiger partial charge in [0.1, 0.15) is 6.54 Å². The third-order valence-corrected chi connectivity index (χ3v) is 4.37. The van der Waals surface area contributed by atoms with Gasteiger partial charge in [-0.2, -0.15) is 0 Å². The smallest absolute Gasteiger partial charge is 0.259 e. The lowest BCUT2D eigenvalue weighted by molar-refractivity contribution is -0.116. The molecule has 134 valence electrons. The van der Waals surface area contributed by atoms with E-state index in [0.29, 0.717) is 22.8 Å². The van der Waals surface area contributed by atoms with E-state index in [-0.39, 0.29) is 18.4 Å². The van der Waals surface area contributed by atoms with Gasteiger partial charge in [0, 0.05) is 35.1 Å². The van der Waals surface area contributed by atoms with Crippen molar-refractivity contribution < 1.29 is 9.59 Å². The summed E-state index contributed by atoms with van der Waals surface area (Å²) in [6.45, 7) is 3.84. The molecule has 0 saturated heterocycles. The summed E-state index contributed by atoms with van der Waals surface area (Å²) < 4.78 is 1.55. The largest absolute Gasteiger partial charge is 0.325 e. The minimum atomic E-state index is -0.314. The van der Waals surface area contributed by atoms with Crippen LogP contribution in [0.4, 0.5) is 5.69 Å². The number of hydrogen-bond acceptors (Lipinski definition) is 5. The van der Waals surface area contributed by atoms with Gasteiger partial charge in [0.25, 0.3) is 5.91 Å². The fraction of sp³-hybridized carbons (Fsp3) is 0.105. The Morgan fingerprint density at radius 2 is 1.93 bits per heavy atom. The summed E-state index contributed by atoms with van der Waals surface area (Å²) in [5, 5.41) is 14.2. The number of carbonyl (C=O) groups is 2. The molecule has 2 heterocycles. The maximum Gasteiger partial charge on any atom is 0.259 e. The van der Waals surface area contributed by atoms with Gasteiger partial charge in [-0.15, -0.1) is 5.10 Å². The number of aryl methyl sites for hydroxylation is 1. The average Bonchev–Trinajstić information content (AvgIpc) is 3.20. The molecule has 0 fully saturated rings. The molecular weight excluding hydrogens is 344 g/mol. The van der Waals surface area contributed by atoms with Gasteiger partial charge in [0.05, 0.1) is 0 Å². The normalized spacial score (nSPS) is 13.0. The van der Waals surface area contributed by atoms with E-state index in [2.05, 4.69) is 27.4 Å². The van der Waals surface area contributed by atoms with E-state index in [1.54, 1.807) is 42.1 Å². The summed E-state index contributed by atoms with van der Waals surface area (Å²) in [5.74, 6) is 0.0554. The van der Waals surface area contributed by atoms with E-state index in [0.717, 1.165) is 11.1 Å². The number of rotatable bonds is 4. The number of aromatic nitrogens is 4. The zero-order valence-corrected chi connectivity index (χ0v) is 14.6. The second-order valence-corrected chi connectivity index (χ2v) is 6.14. The van der Waals surface area contributed by atoms with Crippen LogP contribution in [-0.2, 0) is 11.8 Å². The van der Waals surface area contributed by atoms with Crippen molar-refractivity contribution in [3.63, 3.8) is 0 Å². The SMILES string of the molecule is C=C1c2ccccc2C(=O)N1CC(=O)Nc1cccc(-c2nnnn2C)c1.